The Bertz CT molecular complexity index is 640. The van der Waals surface area contributed by atoms with E-state index in [-0.39, 0.29) is 18.1 Å². The molecular formula is C16H21N3O2S. The Balaban J connectivity index is 2.05. The standard InChI is InChI=1S/C16H21N3O2S/c1-10(2)21-13-6-4-5-12(7-13)11(3)18-16(20)14-9-22-15(8-17)19-14/h4-7,9-11H,8,17H2,1-3H3,(H,18,20). The molecule has 2 aromatic rings. The first-order valence-corrected chi connectivity index (χ1v) is 8.09. The second-order valence-corrected chi connectivity index (χ2v) is 6.21. The third-order valence-corrected chi connectivity index (χ3v) is 3.91. The van der Waals surface area contributed by atoms with Crippen molar-refractivity contribution in [1.29, 1.82) is 0 Å². The van der Waals surface area contributed by atoms with Crippen LogP contribution >= 0.6 is 11.3 Å². The molecule has 1 aromatic heterocycles. The van der Waals surface area contributed by atoms with Crippen LogP contribution in [0.15, 0.2) is 29.6 Å². The number of nitrogens with one attached hydrogen (secondary N) is 1. The predicted octanol–water partition coefficient (Wildman–Crippen LogP) is 2.88. The van der Waals surface area contributed by atoms with Crippen LogP contribution in [0.4, 0.5) is 0 Å². The molecule has 1 unspecified atom stereocenters. The molecule has 5 nitrogen and oxygen atoms in total. The lowest BCUT2D eigenvalue weighted by Crippen LogP contribution is -2.27. The number of aromatic nitrogens is 1. The van der Waals surface area contributed by atoms with Gasteiger partial charge >= 0.3 is 0 Å². The molecule has 1 amide bonds. The van der Waals surface area contributed by atoms with Gasteiger partial charge < -0.3 is 15.8 Å². The van der Waals surface area contributed by atoms with E-state index in [9.17, 15) is 4.79 Å². The van der Waals surface area contributed by atoms with Crippen molar-refractivity contribution in [3.05, 3.63) is 45.9 Å². The number of ether oxygens (including phenoxy) is 1. The number of carbonyl (C=O) groups is 1. The summed E-state index contributed by atoms with van der Waals surface area (Å²) in [5, 5.41) is 5.42. The minimum atomic E-state index is -0.196. The predicted molar refractivity (Wildman–Crippen MR) is 88.1 cm³/mol. The highest BCUT2D eigenvalue weighted by Gasteiger charge is 2.14. The Labute approximate surface area is 134 Å². The number of benzene rings is 1. The van der Waals surface area contributed by atoms with Gasteiger partial charge in [0.2, 0.25) is 0 Å². The summed E-state index contributed by atoms with van der Waals surface area (Å²) in [5.74, 6) is 0.603. The minimum absolute atomic E-state index is 0.116. The van der Waals surface area contributed by atoms with Gasteiger partial charge in [-0.15, -0.1) is 11.3 Å². The number of nitrogens with two attached hydrogens (primary N) is 1. The van der Waals surface area contributed by atoms with Crippen LogP contribution in [0, 0.1) is 0 Å². The van der Waals surface area contributed by atoms with Crippen molar-refractivity contribution in [3.63, 3.8) is 0 Å². The zero-order chi connectivity index (χ0) is 16.1. The van der Waals surface area contributed by atoms with E-state index >= 15 is 0 Å². The first-order chi connectivity index (χ1) is 10.5. The molecule has 1 aromatic carbocycles. The van der Waals surface area contributed by atoms with Gasteiger partial charge in [0.1, 0.15) is 16.5 Å². The van der Waals surface area contributed by atoms with Crippen LogP contribution in [0.2, 0.25) is 0 Å². The van der Waals surface area contributed by atoms with Crippen LogP contribution in [0.25, 0.3) is 0 Å². The zero-order valence-electron chi connectivity index (χ0n) is 13.0. The molecule has 0 spiro atoms. The minimum Gasteiger partial charge on any atom is -0.491 e. The van der Waals surface area contributed by atoms with Gasteiger partial charge in [-0.1, -0.05) is 12.1 Å². The molecule has 22 heavy (non-hydrogen) atoms. The average Bonchev–Trinajstić information content (AvgIpc) is 2.95. The molecule has 1 heterocycles. The van der Waals surface area contributed by atoms with Crippen molar-refractivity contribution in [2.75, 3.05) is 0 Å². The normalized spacial score (nSPS) is 12.2. The fourth-order valence-corrected chi connectivity index (χ4v) is 2.65. The summed E-state index contributed by atoms with van der Waals surface area (Å²) in [6.07, 6.45) is 0.116. The topological polar surface area (TPSA) is 77.2 Å². The third kappa shape index (κ3) is 4.29. The summed E-state index contributed by atoms with van der Waals surface area (Å²) in [6.45, 7) is 6.25. The van der Waals surface area contributed by atoms with Crippen LogP contribution in [0.5, 0.6) is 5.75 Å². The summed E-state index contributed by atoms with van der Waals surface area (Å²) in [7, 11) is 0. The fourth-order valence-electron chi connectivity index (χ4n) is 1.99. The van der Waals surface area contributed by atoms with Crippen molar-refractivity contribution >= 4 is 17.2 Å². The molecule has 0 aliphatic heterocycles. The van der Waals surface area contributed by atoms with Crippen LogP contribution < -0.4 is 15.8 Å². The Hall–Kier alpha value is -1.92. The number of hydrogen-bond acceptors (Lipinski definition) is 5. The smallest absolute Gasteiger partial charge is 0.271 e. The van der Waals surface area contributed by atoms with Crippen molar-refractivity contribution in [3.8, 4) is 5.75 Å². The van der Waals surface area contributed by atoms with E-state index in [0.29, 0.717) is 12.2 Å². The van der Waals surface area contributed by atoms with Gasteiger partial charge in [0.15, 0.2) is 0 Å². The van der Waals surface area contributed by atoms with E-state index in [1.165, 1.54) is 11.3 Å². The Kier molecular flexibility index (Phi) is 5.51. The maximum atomic E-state index is 12.2. The van der Waals surface area contributed by atoms with Crippen LogP contribution in [0.3, 0.4) is 0 Å². The largest absolute Gasteiger partial charge is 0.491 e. The van der Waals surface area contributed by atoms with E-state index in [0.717, 1.165) is 16.3 Å². The Morgan fingerprint density at radius 2 is 2.18 bits per heavy atom. The van der Waals surface area contributed by atoms with Crippen molar-refractivity contribution in [1.82, 2.24) is 10.3 Å². The van der Waals surface area contributed by atoms with Gasteiger partial charge in [-0.3, -0.25) is 4.79 Å². The van der Waals surface area contributed by atoms with Gasteiger partial charge in [0.05, 0.1) is 12.1 Å². The lowest BCUT2D eigenvalue weighted by molar-refractivity contribution is 0.0935. The summed E-state index contributed by atoms with van der Waals surface area (Å²) < 4.78 is 5.68. The molecule has 3 N–H and O–H groups in total. The Morgan fingerprint density at radius 1 is 1.41 bits per heavy atom. The van der Waals surface area contributed by atoms with Crippen molar-refractivity contribution in [2.45, 2.75) is 39.5 Å². The highest BCUT2D eigenvalue weighted by molar-refractivity contribution is 7.09. The van der Waals surface area contributed by atoms with Gasteiger partial charge in [0.25, 0.3) is 5.91 Å². The van der Waals surface area contributed by atoms with E-state index < -0.39 is 0 Å². The number of rotatable bonds is 6. The monoisotopic (exact) mass is 319 g/mol. The number of carbonyl (C=O) groups excluding carboxylic acids is 1. The zero-order valence-corrected chi connectivity index (χ0v) is 13.8. The molecule has 0 aliphatic carbocycles. The van der Waals surface area contributed by atoms with E-state index in [1.54, 1.807) is 5.38 Å². The number of thiazole rings is 1. The van der Waals surface area contributed by atoms with Crippen LogP contribution in [0.1, 0.15) is 47.9 Å². The summed E-state index contributed by atoms with van der Waals surface area (Å²) in [5.41, 5.74) is 6.91. The van der Waals surface area contributed by atoms with Gasteiger partial charge in [-0.25, -0.2) is 4.98 Å². The van der Waals surface area contributed by atoms with Gasteiger partial charge in [-0.05, 0) is 38.5 Å². The highest BCUT2D eigenvalue weighted by atomic mass is 32.1. The van der Waals surface area contributed by atoms with Crippen LogP contribution in [-0.4, -0.2) is 17.0 Å². The van der Waals surface area contributed by atoms with Gasteiger partial charge in [-0.2, -0.15) is 0 Å². The summed E-state index contributed by atoms with van der Waals surface area (Å²) >= 11 is 1.39. The van der Waals surface area contributed by atoms with E-state index in [2.05, 4.69) is 10.3 Å². The first kappa shape index (κ1) is 16.5. The maximum absolute atomic E-state index is 12.2. The van der Waals surface area contributed by atoms with Crippen molar-refractivity contribution in [2.24, 2.45) is 5.73 Å². The number of nitrogens with zero attached hydrogens (tertiary/aromatic N) is 1. The number of amides is 1. The molecule has 0 aliphatic rings. The molecule has 1 atom stereocenters. The quantitative estimate of drug-likeness (QED) is 0.858. The van der Waals surface area contributed by atoms with Crippen molar-refractivity contribution < 1.29 is 9.53 Å². The third-order valence-electron chi connectivity index (χ3n) is 3.04. The first-order valence-electron chi connectivity index (χ1n) is 7.21. The van der Waals surface area contributed by atoms with E-state index in [4.69, 9.17) is 10.5 Å². The molecule has 118 valence electrons. The van der Waals surface area contributed by atoms with Crippen LogP contribution in [-0.2, 0) is 6.54 Å². The molecule has 2 rings (SSSR count). The average molecular weight is 319 g/mol. The molecule has 6 heteroatoms. The number of hydrogen-bond donors (Lipinski definition) is 2. The maximum Gasteiger partial charge on any atom is 0.271 e. The van der Waals surface area contributed by atoms with E-state index in [1.807, 2.05) is 45.0 Å². The molecule has 0 radical (unpaired) electrons. The molecule has 0 fully saturated rings. The molecule has 0 saturated heterocycles. The SMILES string of the molecule is CC(C)Oc1cccc(C(C)NC(=O)c2csc(CN)n2)c1. The second kappa shape index (κ2) is 7.38. The Morgan fingerprint density at radius 3 is 2.82 bits per heavy atom. The van der Waals surface area contributed by atoms with Gasteiger partial charge in [0, 0.05) is 11.9 Å². The summed E-state index contributed by atoms with van der Waals surface area (Å²) in [6, 6.07) is 7.60. The molecule has 0 saturated carbocycles. The lowest BCUT2D eigenvalue weighted by atomic mass is 10.1. The molecule has 0 bridgehead atoms. The summed E-state index contributed by atoms with van der Waals surface area (Å²) in [4.78, 5) is 16.4. The lowest BCUT2D eigenvalue weighted by Gasteiger charge is -2.16. The fraction of sp³-hybridized carbons (Fsp3) is 0.375. The molecular weight excluding hydrogens is 298 g/mol. The highest BCUT2D eigenvalue weighted by Crippen LogP contribution is 2.20. The second-order valence-electron chi connectivity index (χ2n) is 5.26.